The van der Waals surface area contributed by atoms with Crippen LogP contribution in [0.1, 0.15) is 30.0 Å². The lowest BCUT2D eigenvalue weighted by molar-refractivity contribution is 0.207. The second kappa shape index (κ2) is 6.91. The van der Waals surface area contributed by atoms with E-state index in [4.69, 9.17) is 4.74 Å². The number of ether oxygens (including phenoxy) is 1. The van der Waals surface area contributed by atoms with E-state index in [0.717, 1.165) is 29.7 Å². The maximum atomic E-state index is 13.4. The fourth-order valence-electron chi connectivity index (χ4n) is 3.12. The number of aryl methyl sites for hydroxylation is 1. The molecule has 2 aromatic rings. The van der Waals surface area contributed by atoms with Crippen LogP contribution in [0, 0.1) is 12.7 Å². The van der Waals surface area contributed by atoms with E-state index in [2.05, 4.69) is 5.32 Å². The van der Waals surface area contributed by atoms with E-state index in [1.54, 1.807) is 18.1 Å². The number of amides is 2. The number of nitrogens with zero attached hydrogens (tertiary/aromatic N) is 1. The third-order valence-electron chi connectivity index (χ3n) is 4.43. The van der Waals surface area contributed by atoms with Crippen LogP contribution < -0.4 is 10.1 Å². The third kappa shape index (κ3) is 3.35. The van der Waals surface area contributed by atoms with Crippen LogP contribution in [-0.4, -0.2) is 24.6 Å². The summed E-state index contributed by atoms with van der Waals surface area (Å²) in [6.45, 7) is 2.53. The average molecular weight is 328 g/mol. The van der Waals surface area contributed by atoms with Crippen LogP contribution >= 0.6 is 0 Å². The maximum Gasteiger partial charge on any atom is 0.322 e. The highest BCUT2D eigenvalue weighted by molar-refractivity contribution is 5.90. The van der Waals surface area contributed by atoms with Crippen molar-refractivity contribution in [3.05, 3.63) is 59.4 Å². The van der Waals surface area contributed by atoms with Crippen molar-refractivity contribution in [3.8, 4) is 5.75 Å². The molecule has 1 heterocycles. The number of hydrogen-bond donors (Lipinski definition) is 1. The molecule has 0 aromatic heterocycles. The van der Waals surface area contributed by atoms with Crippen molar-refractivity contribution in [1.29, 1.82) is 0 Å². The molecule has 3 rings (SSSR count). The van der Waals surface area contributed by atoms with Gasteiger partial charge in [0, 0.05) is 12.2 Å². The van der Waals surface area contributed by atoms with Crippen LogP contribution in [0.15, 0.2) is 42.5 Å². The molecule has 1 aliphatic rings. The van der Waals surface area contributed by atoms with E-state index in [-0.39, 0.29) is 17.9 Å². The highest BCUT2D eigenvalue weighted by Crippen LogP contribution is 2.34. The van der Waals surface area contributed by atoms with E-state index in [1.807, 2.05) is 31.2 Å². The van der Waals surface area contributed by atoms with Crippen molar-refractivity contribution >= 4 is 11.7 Å². The van der Waals surface area contributed by atoms with Crippen LogP contribution in [0.25, 0.3) is 0 Å². The Balaban J connectivity index is 1.79. The molecule has 1 saturated heterocycles. The van der Waals surface area contributed by atoms with Gasteiger partial charge < -0.3 is 15.0 Å². The van der Waals surface area contributed by atoms with Crippen molar-refractivity contribution in [1.82, 2.24) is 4.90 Å². The highest BCUT2D eigenvalue weighted by Gasteiger charge is 2.30. The van der Waals surface area contributed by atoms with Gasteiger partial charge in [-0.3, -0.25) is 0 Å². The predicted molar refractivity (Wildman–Crippen MR) is 91.8 cm³/mol. The number of carbonyl (C=O) groups excluding carboxylic acids is 1. The predicted octanol–water partition coefficient (Wildman–Crippen LogP) is 4.51. The summed E-state index contributed by atoms with van der Waals surface area (Å²) in [5.41, 5.74) is 2.40. The number of carbonyl (C=O) groups is 1. The molecule has 5 heteroatoms. The lowest BCUT2D eigenvalue weighted by atomic mass is 10.0. The number of anilines is 1. The summed E-state index contributed by atoms with van der Waals surface area (Å²) in [4.78, 5) is 14.5. The number of urea groups is 1. The van der Waals surface area contributed by atoms with Gasteiger partial charge in [-0.25, -0.2) is 9.18 Å². The molecule has 2 aromatic carbocycles. The number of rotatable bonds is 3. The molecule has 1 fully saturated rings. The lowest BCUT2D eigenvalue weighted by Gasteiger charge is -2.26. The Bertz CT molecular complexity index is 748. The van der Waals surface area contributed by atoms with Crippen molar-refractivity contribution in [2.75, 3.05) is 19.0 Å². The Morgan fingerprint density at radius 1 is 1.29 bits per heavy atom. The third-order valence-corrected chi connectivity index (χ3v) is 4.43. The number of hydrogen-bond acceptors (Lipinski definition) is 2. The minimum atomic E-state index is -0.360. The monoisotopic (exact) mass is 328 g/mol. The summed E-state index contributed by atoms with van der Waals surface area (Å²) in [7, 11) is 1.63. The van der Waals surface area contributed by atoms with E-state index in [1.165, 1.54) is 12.1 Å². The molecule has 1 atom stereocenters. The molecule has 1 aliphatic heterocycles. The molecular weight excluding hydrogens is 307 g/mol. The average Bonchev–Trinajstić information content (AvgIpc) is 3.08. The van der Waals surface area contributed by atoms with Gasteiger partial charge in [-0.05, 0) is 55.2 Å². The zero-order chi connectivity index (χ0) is 17.1. The van der Waals surface area contributed by atoms with Crippen molar-refractivity contribution in [2.24, 2.45) is 0 Å². The van der Waals surface area contributed by atoms with Crippen LogP contribution in [0.3, 0.4) is 0 Å². The fraction of sp³-hybridized carbons (Fsp3) is 0.316. The first-order chi connectivity index (χ1) is 11.6. The van der Waals surface area contributed by atoms with E-state index >= 15 is 0 Å². The van der Waals surface area contributed by atoms with Crippen LogP contribution in [-0.2, 0) is 0 Å². The summed E-state index contributed by atoms with van der Waals surface area (Å²) in [6.07, 6.45) is 1.85. The standard InChI is InChI=1S/C19H21FN2O2/c1-13-8-9-15(20)12-17(13)21-19(23)22-10-4-7-18(22)14-5-3-6-16(11-14)24-2/h3,5-6,8-9,11-12,18H,4,7,10H2,1-2H3,(H,21,23). The van der Waals surface area contributed by atoms with Gasteiger partial charge in [0.25, 0.3) is 0 Å². The lowest BCUT2D eigenvalue weighted by Crippen LogP contribution is -2.34. The Hall–Kier alpha value is -2.56. The number of halogens is 1. The summed E-state index contributed by atoms with van der Waals surface area (Å²) >= 11 is 0. The van der Waals surface area contributed by atoms with E-state index < -0.39 is 0 Å². The molecule has 0 radical (unpaired) electrons. The number of methoxy groups -OCH3 is 1. The Morgan fingerprint density at radius 3 is 2.92 bits per heavy atom. The number of likely N-dealkylation sites (tertiary alicyclic amines) is 1. The maximum absolute atomic E-state index is 13.4. The Kier molecular flexibility index (Phi) is 4.69. The van der Waals surface area contributed by atoms with Crippen LogP contribution in [0.2, 0.25) is 0 Å². The Morgan fingerprint density at radius 2 is 2.12 bits per heavy atom. The minimum Gasteiger partial charge on any atom is -0.497 e. The topological polar surface area (TPSA) is 41.6 Å². The molecule has 0 saturated carbocycles. The molecule has 0 bridgehead atoms. The zero-order valence-electron chi connectivity index (χ0n) is 13.9. The van der Waals surface area contributed by atoms with Gasteiger partial charge in [0.15, 0.2) is 0 Å². The molecule has 0 aliphatic carbocycles. The SMILES string of the molecule is COc1cccc(C2CCCN2C(=O)Nc2cc(F)ccc2C)c1. The second-order valence-electron chi connectivity index (χ2n) is 6.02. The number of nitrogens with one attached hydrogen (secondary N) is 1. The van der Waals surface area contributed by atoms with Gasteiger partial charge in [0.1, 0.15) is 11.6 Å². The first-order valence-corrected chi connectivity index (χ1v) is 8.06. The van der Waals surface area contributed by atoms with Crippen molar-refractivity contribution in [2.45, 2.75) is 25.8 Å². The molecule has 1 N–H and O–H groups in total. The van der Waals surface area contributed by atoms with Crippen LogP contribution in [0.4, 0.5) is 14.9 Å². The van der Waals surface area contributed by atoms with Gasteiger partial charge in [0.05, 0.1) is 13.2 Å². The van der Waals surface area contributed by atoms with Crippen molar-refractivity contribution in [3.63, 3.8) is 0 Å². The van der Waals surface area contributed by atoms with E-state index in [9.17, 15) is 9.18 Å². The van der Waals surface area contributed by atoms with Gasteiger partial charge in [-0.15, -0.1) is 0 Å². The van der Waals surface area contributed by atoms with Crippen molar-refractivity contribution < 1.29 is 13.9 Å². The minimum absolute atomic E-state index is 0.00830. The quantitative estimate of drug-likeness (QED) is 0.900. The Labute approximate surface area is 141 Å². The fourth-order valence-corrected chi connectivity index (χ4v) is 3.12. The smallest absolute Gasteiger partial charge is 0.322 e. The summed E-state index contributed by atoms with van der Waals surface area (Å²) in [6, 6.07) is 12.0. The first-order valence-electron chi connectivity index (χ1n) is 8.06. The van der Waals surface area contributed by atoms with Crippen LogP contribution in [0.5, 0.6) is 5.75 Å². The molecule has 0 spiro atoms. The largest absolute Gasteiger partial charge is 0.497 e. The first kappa shape index (κ1) is 16.3. The van der Waals surface area contributed by atoms with Gasteiger partial charge >= 0.3 is 6.03 Å². The summed E-state index contributed by atoms with van der Waals surface area (Å²) in [5.74, 6) is 0.419. The zero-order valence-corrected chi connectivity index (χ0v) is 13.9. The van der Waals surface area contributed by atoms with E-state index in [0.29, 0.717) is 12.2 Å². The highest BCUT2D eigenvalue weighted by atomic mass is 19.1. The molecule has 24 heavy (non-hydrogen) atoms. The number of benzene rings is 2. The molecule has 2 amide bonds. The second-order valence-corrected chi connectivity index (χ2v) is 6.02. The molecular formula is C19H21FN2O2. The molecule has 1 unspecified atom stereocenters. The molecule has 4 nitrogen and oxygen atoms in total. The normalized spacial score (nSPS) is 17.0. The van der Waals surface area contributed by atoms with Gasteiger partial charge in [-0.2, -0.15) is 0 Å². The van der Waals surface area contributed by atoms with Gasteiger partial charge in [0.2, 0.25) is 0 Å². The molecule has 126 valence electrons. The summed E-state index contributed by atoms with van der Waals surface area (Å²) in [5, 5.41) is 2.84. The van der Waals surface area contributed by atoms with Gasteiger partial charge in [-0.1, -0.05) is 18.2 Å². The summed E-state index contributed by atoms with van der Waals surface area (Å²) < 4.78 is 18.7.